The quantitative estimate of drug-likeness (QED) is 0.441. The fraction of sp³-hybridized carbons (Fsp3) is 0.167. The molecule has 0 aromatic heterocycles. The molecule has 2 amide bonds. The molecule has 3 rings (SSSR count). The maximum atomic E-state index is 13.9. The van der Waals surface area contributed by atoms with Crippen LogP contribution in [0.15, 0.2) is 71.6 Å². The summed E-state index contributed by atoms with van der Waals surface area (Å²) in [6, 6.07) is 15.6. The molecular weight excluding hydrogens is 461 g/mol. The molecule has 0 fully saturated rings. The SMILES string of the molecule is Cc1ccc(S(=O)(=O)Nc2ccccc2F)cc1C(=O)NNC(=O)c1ccc(OC(C)C)cc1. The molecule has 8 nitrogen and oxygen atoms in total. The fourth-order valence-electron chi connectivity index (χ4n) is 2.97. The molecule has 0 saturated carbocycles. The summed E-state index contributed by atoms with van der Waals surface area (Å²) in [7, 11) is -4.16. The van der Waals surface area contributed by atoms with E-state index < -0.39 is 27.7 Å². The van der Waals surface area contributed by atoms with Gasteiger partial charge in [-0.25, -0.2) is 12.8 Å². The minimum absolute atomic E-state index is 0.0105. The second kappa shape index (κ2) is 10.3. The lowest BCUT2D eigenvalue weighted by molar-refractivity contribution is 0.0846. The first-order chi connectivity index (χ1) is 16.1. The summed E-state index contributed by atoms with van der Waals surface area (Å²) in [6.45, 7) is 5.38. The second-order valence-electron chi connectivity index (χ2n) is 7.66. The zero-order valence-corrected chi connectivity index (χ0v) is 19.6. The summed E-state index contributed by atoms with van der Waals surface area (Å²) in [6.07, 6.45) is -0.0105. The van der Waals surface area contributed by atoms with Crippen LogP contribution in [-0.2, 0) is 10.0 Å². The number of hydrazine groups is 1. The Morgan fingerprint density at radius 2 is 1.56 bits per heavy atom. The predicted molar refractivity (Wildman–Crippen MR) is 126 cm³/mol. The first kappa shape index (κ1) is 24.7. The van der Waals surface area contributed by atoms with Crippen molar-refractivity contribution in [2.24, 2.45) is 0 Å². The highest BCUT2D eigenvalue weighted by Crippen LogP contribution is 2.21. The van der Waals surface area contributed by atoms with Gasteiger partial charge in [0.1, 0.15) is 11.6 Å². The molecule has 0 aliphatic rings. The Labute approximate surface area is 197 Å². The number of para-hydroxylation sites is 1. The predicted octanol–water partition coefficient (Wildman–Crippen LogP) is 3.80. The van der Waals surface area contributed by atoms with Crippen LogP contribution in [0.5, 0.6) is 5.75 Å². The van der Waals surface area contributed by atoms with Crippen LogP contribution < -0.4 is 20.3 Å². The Balaban J connectivity index is 1.71. The Bertz CT molecular complexity index is 1310. The van der Waals surface area contributed by atoms with Crippen LogP contribution in [0, 0.1) is 12.7 Å². The summed E-state index contributed by atoms with van der Waals surface area (Å²) in [5, 5.41) is 0. The molecule has 34 heavy (non-hydrogen) atoms. The number of nitrogens with one attached hydrogen (secondary N) is 3. The summed E-state index contributed by atoms with van der Waals surface area (Å²) in [5.41, 5.74) is 5.15. The van der Waals surface area contributed by atoms with Gasteiger partial charge in [0.2, 0.25) is 0 Å². The van der Waals surface area contributed by atoms with Gasteiger partial charge in [0.05, 0.1) is 16.7 Å². The van der Waals surface area contributed by atoms with Crippen molar-refractivity contribution in [3.8, 4) is 5.75 Å². The van der Waals surface area contributed by atoms with E-state index in [0.29, 0.717) is 16.9 Å². The topological polar surface area (TPSA) is 114 Å². The number of benzene rings is 3. The molecule has 3 N–H and O–H groups in total. The number of rotatable bonds is 7. The summed E-state index contributed by atoms with van der Waals surface area (Å²) in [4.78, 5) is 24.8. The number of ether oxygens (including phenoxy) is 1. The van der Waals surface area contributed by atoms with Crippen molar-refractivity contribution >= 4 is 27.5 Å². The van der Waals surface area contributed by atoms with Gasteiger partial charge in [-0.3, -0.25) is 25.2 Å². The monoisotopic (exact) mass is 485 g/mol. The van der Waals surface area contributed by atoms with Gasteiger partial charge in [0, 0.05) is 11.1 Å². The van der Waals surface area contributed by atoms with Crippen LogP contribution in [0.25, 0.3) is 0 Å². The number of carbonyl (C=O) groups excluding carboxylic acids is 2. The van der Waals surface area contributed by atoms with Gasteiger partial charge < -0.3 is 4.74 Å². The van der Waals surface area contributed by atoms with Crippen LogP contribution in [0.1, 0.15) is 40.1 Å². The minimum Gasteiger partial charge on any atom is -0.491 e. The van der Waals surface area contributed by atoms with E-state index >= 15 is 0 Å². The van der Waals surface area contributed by atoms with Gasteiger partial charge in [0.25, 0.3) is 21.8 Å². The Morgan fingerprint density at radius 1 is 0.912 bits per heavy atom. The third-order valence-corrected chi connectivity index (χ3v) is 6.02. The highest BCUT2D eigenvalue weighted by molar-refractivity contribution is 7.92. The molecule has 0 atom stereocenters. The lowest BCUT2D eigenvalue weighted by atomic mass is 10.1. The van der Waals surface area contributed by atoms with Gasteiger partial charge in [-0.1, -0.05) is 18.2 Å². The average Bonchev–Trinajstić information content (AvgIpc) is 2.79. The molecule has 0 unspecified atom stereocenters. The highest BCUT2D eigenvalue weighted by Gasteiger charge is 2.20. The number of amides is 2. The van der Waals surface area contributed by atoms with E-state index in [2.05, 4.69) is 15.6 Å². The molecule has 3 aromatic rings. The number of halogens is 1. The maximum Gasteiger partial charge on any atom is 0.270 e. The Hall–Kier alpha value is -3.92. The van der Waals surface area contributed by atoms with Crippen LogP contribution in [0.4, 0.5) is 10.1 Å². The largest absolute Gasteiger partial charge is 0.491 e. The smallest absolute Gasteiger partial charge is 0.270 e. The molecule has 0 aliphatic carbocycles. The van der Waals surface area contributed by atoms with Crippen molar-refractivity contribution in [3.05, 3.63) is 89.2 Å². The third-order valence-electron chi connectivity index (χ3n) is 4.66. The van der Waals surface area contributed by atoms with Gasteiger partial charge in [-0.15, -0.1) is 0 Å². The van der Waals surface area contributed by atoms with E-state index in [1.165, 1.54) is 30.3 Å². The molecule has 3 aromatic carbocycles. The number of aryl methyl sites for hydroxylation is 1. The van der Waals surface area contributed by atoms with E-state index in [1.807, 2.05) is 13.8 Å². The molecule has 0 spiro atoms. The molecule has 0 saturated heterocycles. The zero-order chi connectivity index (χ0) is 24.9. The lowest BCUT2D eigenvalue weighted by Gasteiger charge is -2.13. The van der Waals surface area contributed by atoms with Crippen molar-refractivity contribution < 1.29 is 27.1 Å². The van der Waals surface area contributed by atoms with E-state index in [4.69, 9.17) is 4.74 Å². The number of anilines is 1. The van der Waals surface area contributed by atoms with E-state index in [-0.39, 0.29) is 22.3 Å². The minimum atomic E-state index is -4.16. The first-order valence-electron chi connectivity index (χ1n) is 10.3. The van der Waals surface area contributed by atoms with Crippen LogP contribution in [0.2, 0.25) is 0 Å². The van der Waals surface area contributed by atoms with Crippen LogP contribution in [-0.4, -0.2) is 26.3 Å². The van der Waals surface area contributed by atoms with Crippen LogP contribution in [0.3, 0.4) is 0 Å². The summed E-state index contributed by atoms with van der Waals surface area (Å²) in [5.74, 6) is -1.41. The number of sulfonamides is 1. The van der Waals surface area contributed by atoms with Crippen molar-refractivity contribution in [2.45, 2.75) is 31.8 Å². The molecule has 0 heterocycles. The summed E-state index contributed by atoms with van der Waals surface area (Å²) < 4.78 is 46.9. The fourth-order valence-corrected chi connectivity index (χ4v) is 4.06. The molecule has 0 radical (unpaired) electrons. The molecule has 0 aliphatic heterocycles. The zero-order valence-electron chi connectivity index (χ0n) is 18.8. The van der Waals surface area contributed by atoms with E-state index in [1.54, 1.807) is 31.2 Å². The van der Waals surface area contributed by atoms with Gasteiger partial charge >= 0.3 is 0 Å². The Morgan fingerprint density at radius 3 is 2.21 bits per heavy atom. The van der Waals surface area contributed by atoms with Gasteiger partial charge in [-0.2, -0.15) is 0 Å². The molecule has 10 heteroatoms. The molecule has 178 valence electrons. The standard InChI is InChI=1S/C24H24FN3O5S/c1-15(2)33-18-11-9-17(10-12-18)23(29)26-27-24(30)20-14-19(13-8-16(20)3)34(31,32)28-22-7-5-4-6-21(22)25/h4-15,28H,1-3H3,(H,26,29)(H,27,30). The van der Waals surface area contributed by atoms with Crippen molar-refractivity contribution in [2.75, 3.05) is 4.72 Å². The summed E-state index contributed by atoms with van der Waals surface area (Å²) >= 11 is 0. The molecule has 0 bridgehead atoms. The van der Waals surface area contributed by atoms with Gasteiger partial charge in [0.15, 0.2) is 0 Å². The maximum absolute atomic E-state index is 13.9. The number of hydrogen-bond donors (Lipinski definition) is 3. The molecular formula is C24H24FN3O5S. The number of carbonyl (C=O) groups is 2. The lowest BCUT2D eigenvalue weighted by Crippen LogP contribution is -2.41. The van der Waals surface area contributed by atoms with Gasteiger partial charge in [-0.05, 0) is 74.9 Å². The van der Waals surface area contributed by atoms with E-state index in [9.17, 15) is 22.4 Å². The normalized spacial score (nSPS) is 11.1. The number of hydrogen-bond acceptors (Lipinski definition) is 5. The van der Waals surface area contributed by atoms with Crippen molar-refractivity contribution in [1.29, 1.82) is 0 Å². The first-order valence-corrected chi connectivity index (χ1v) is 11.8. The van der Waals surface area contributed by atoms with E-state index in [0.717, 1.165) is 12.1 Å². The average molecular weight is 486 g/mol. The van der Waals surface area contributed by atoms with Crippen molar-refractivity contribution in [1.82, 2.24) is 10.9 Å². The van der Waals surface area contributed by atoms with Crippen LogP contribution >= 0.6 is 0 Å². The Kier molecular flexibility index (Phi) is 7.52. The highest BCUT2D eigenvalue weighted by atomic mass is 32.2. The van der Waals surface area contributed by atoms with Crippen molar-refractivity contribution in [3.63, 3.8) is 0 Å². The second-order valence-corrected chi connectivity index (χ2v) is 9.34. The third kappa shape index (κ3) is 6.10.